The highest BCUT2D eigenvalue weighted by Gasteiger charge is 2.25. The molecule has 0 amide bonds. The van der Waals surface area contributed by atoms with Crippen LogP contribution in [0, 0.1) is 11.8 Å². The summed E-state index contributed by atoms with van der Waals surface area (Å²) >= 11 is 0. The Morgan fingerprint density at radius 2 is 1.88 bits per heavy atom. The minimum absolute atomic E-state index is 0.259. The molecule has 1 aromatic rings. The Morgan fingerprint density at radius 1 is 1.19 bits per heavy atom. The van der Waals surface area contributed by atoms with Gasteiger partial charge in [-0.05, 0) is 31.1 Å². The monoisotopic (exact) mass is 221 g/mol. The van der Waals surface area contributed by atoms with E-state index in [1.165, 1.54) is 12.6 Å². The molecule has 4 heteroatoms. The number of hydrogen-bond acceptors (Lipinski definition) is 4. The smallest absolute Gasteiger partial charge is 0.234 e. The first-order valence-corrected chi connectivity index (χ1v) is 5.87. The Kier molecular flexibility index (Phi) is 3.27. The zero-order chi connectivity index (χ0) is 11.5. The van der Waals surface area contributed by atoms with E-state index in [0.29, 0.717) is 11.7 Å². The fourth-order valence-corrected chi connectivity index (χ4v) is 2.56. The SMILES string of the molecule is CC1CC(C)CC(Oc2cncc(N)n2)C1. The average Bonchev–Trinajstić information content (AvgIpc) is 2.15. The Labute approximate surface area is 96.2 Å². The lowest BCUT2D eigenvalue weighted by Crippen LogP contribution is -2.28. The summed E-state index contributed by atoms with van der Waals surface area (Å²) in [5, 5.41) is 0. The van der Waals surface area contributed by atoms with E-state index in [1.54, 1.807) is 6.20 Å². The first-order chi connectivity index (χ1) is 7.63. The van der Waals surface area contributed by atoms with Crippen LogP contribution in [0.15, 0.2) is 12.4 Å². The van der Waals surface area contributed by atoms with Gasteiger partial charge in [-0.25, -0.2) is 0 Å². The summed E-state index contributed by atoms with van der Waals surface area (Å²) < 4.78 is 5.82. The first kappa shape index (κ1) is 11.2. The molecule has 0 bridgehead atoms. The molecule has 1 aliphatic carbocycles. The summed E-state index contributed by atoms with van der Waals surface area (Å²) in [6.07, 6.45) is 6.90. The predicted octanol–water partition coefficient (Wildman–Crippen LogP) is 2.26. The number of anilines is 1. The second-order valence-electron chi connectivity index (χ2n) is 4.94. The number of nitrogens with zero attached hydrogens (tertiary/aromatic N) is 2. The molecule has 2 atom stereocenters. The van der Waals surface area contributed by atoms with Gasteiger partial charge in [-0.2, -0.15) is 4.98 Å². The molecule has 0 spiro atoms. The van der Waals surface area contributed by atoms with Crippen LogP contribution in [-0.2, 0) is 0 Å². The van der Waals surface area contributed by atoms with Crippen LogP contribution in [0.2, 0.25) is 0 Å². The number of ether oxygens (including phenoxy) is 1. The van der Waals surface area contributed by atoms with Gasteiger partial charge in [0.1, 0.15) is 11.9 Å². The second-order valence-corrected chi connectivity index (χ2v) is 4.94. The Hall–Kier alpha value is -1.32. The number of aromatic nitrogens is 2. The molecule has 1 fully saturated rings. The highest BCUT2D eigenvalue weighted by molar-refractivity contribution is 5.26. The van der Waals surface area contributed by atoms with Crippen molar-refractivity contribution in [1.29, 1.82) is 0 Å². The van der Waals surface area contributed by atoms with Crippen molar-refractivity contribution in [2.45, 2.75) is 39.2 Å². The molecular formula is C12H19N3O. The third kappa shape index (κ3) is 2.84. The molecular weight excluding hydrogens is 202 g/mol. The van der Waals surface area contributed by atoms with Gasteiger partial charge in [0.15, 0.2) is 0 Å². The van der Waals surface area contributed by atoms with E-state index in [4.69, 9.17) is 10.5 Å². The van der Waals surface area contributed by atoms with Crippen LogP contribution in [-0.4, -0.2) is 16.1 Å². The van der Waals surface area contributed by atoms with E-state index >= 15 is 0 Å². The van der Waals surface area contributed by atoms with E-state index in [2.05, 4.69) is 23.8 Å². The third-order valence-electron chi connectivity index (χ3n) is 3.05. The van der Waals surface area contributed by atoms with E-state index in [-0.39, 0.29) is 6.10 Å². The molecule has 1 aliphatic rings. The number of nitrogen functional groups attached to an aromatic ring is 1. The Balaban J connectivity index is 1.98. The molecule has 2 rings (SSSR count). The summed E-state index contributed by atoms with van der Waals surface area (Å²) in [4.78, 5) is 8.09. The summed E-state index contributed by atoms with van der Waals surface area (Å²) in [6, 6.07) is 0. The van der Waals surface area contributed by atoms with Crippen molar-refractivity contribution in [3.8, 4) is 5.88 Å². The van der Waals surface area contributed by atoms with Crippen molar-refractivity contribution >= 4 is 5.82 Å². The lowest BCUT2D eigenvalue weighted by molar-refractivity contribution is 0.0965. The fraction of sp³-hybridized carbons (Fsp3) is 0.667. The Bertz CT molecular complexity index is 346. The van der Waals surface area contributed by atoms with Crippen molar-refractivity contribution in [3.63, 3.8) is 0 Å². The van der Waals surface area contributed by atoms with E-state index < -0.39 is 0 Å². The van der Waals surface area contributed by atoms with Crippen molar-refractivity contribution in [2.24, 2.45) is 11.8 Å². The van der Waals surface area contributed by atoms with Gasteiger partial charge in [0, 0.05) is 0 Å². The van der Waals surface area contributed by atoms with Crippen molar-refractivity contribution in [1.82, 2.24) is 9.97 Å². The highest BCUT2D eigenvalue weighted by Crippen LogP contribution is 2.30. The zero-order valence-electron chi connectivity index (χ0n) is 9.89. The van der Waals surface area contributed by atoms with Crippen molar-refractivity contribution in [3.05, 3.63) is 12.4 Å². The minimum atomic E-state index is 0.259. The highest BCUT2D eigenvalue weighted by atomic mass is 16.5. The molecule has 2 N–H and O–H groups in total. The summed E-state index contributed by atoms with van der Waals surface area (Å²) in [6.45, 7) is 4.55. The lowest BCUT2D eigenvalue weighted by atomic mass is 9.82. The van der Waals surface area contributed by atoms with Gasteiger partial charge >= 0.3 is 0 Å². The molecule has 2 unspecified atom stereocenters. The molecule has 0 radical (unpaired) electrons. The largest absolute Gasteiger partial charge is 0.473 e. The first-order valence-electron chi connectivity index (χ1n) is 5.87. The number of hydrogen-bond donors (Lipinski definition) is 1. The number of nitrogens with two attached hydrogens (primary N) is 1. The van der Waals surface area contributed by atoms with Crippen molar-refractivity contribution in [2.75, 3.05) is 5.73 Å². The van der Waals surface area contributed by atoms with Gasteiger partial charge in [0.25, 0.3) is 0 Å². The molecule has 0 saturated heterocycles. The fourth-order valence-electron chi connectivity index (χ4n) is 2.56. The van der Waals surface area contributed by atoms with Gasteiger partial charge in [0.05, 0.1) is 12.4 Å². The van der Waals surface area contributed by atoms with Gasteiger partial charge in [0.2, 0.25) is 5.88 Å². The van der Waals surface area contributed by atoms with E-state index in [9.17, 15) is 0 Å². The van der Waals surface area contributed by atoms with E-state index in [1.807, 2.05) is 0 Å². The van der Waals surface area contributed by atoms with Crippen LogP contribution in [0.25, 0.3) is 0 Å². The van der Waals surface area contributed by atoms with Crippen LogP contribution < -0.4 is 10.5 Å². The molecule has 1 saturated carbocycles. The van der Waals surface area contributed by atoms with Gasteiger partial charge in [-0.15, -0.1) is 0 Å². The van der Waals surface area contributed by atoms with Gasteiger partial charge < -0.3 is 10.5 Å². The van der Waals surface area contributed by atoms with Gasteiger partial charge in [-0.3, -0.25) is 4.98 Å². The number of rotatable bonds is 2. The van der Waals surface area contributed by atoms with E-state index in [0.717, 1.165) is 24.7 Å². The van der Waals surface area contributed by atoms with Crippen LogP contribution in [0.3, 0.4) is 0 Å². The molecule has 1 heterocycles. The van der Waals surface area contributed by atoms with Crippen molar-refractivity contribution < 1.29 is 4.74 Å². The molecule has 16 heavy (non-hydrogen) atoms. The topological polar surface area (TPSA) is 61.0 Å². The molecule has 88 valence electrons. The van der Waals surface area contributed by atoms with Crippen LogP contribution >= 0.6 is 0 Å². The zero-order valence-corrected chi connectivity index (χ0v) is 9.89. The summed E-state index contributed by atoms with van der Waals surface area (Å²) in [5.74, 6) is 2.41. The standard InChI is InChI=1S/C12H19N3O/c1-8-3-9(2)5-10(4-8)16-12-7-14-6-11(13)15-12/h6-10H,3-5H2,1-2H3,(H2,13,15). The lowest BCUT2D eigenvalue weighted by Gasteiger charge is -2.31. The minimum Gasteiger partial charge on any atom is -0.473 e. The van der Waals surface area contributed by atoms with Crippen LogP contribution in [0.5, 0.6) is 5.88 Å². The normalized spacial score (nSPS) is 30.0. The summed E-state index contributed by atoms with van der Waals surface area (Å²) in [5.41, 5.74) is 5.56. The predicted molar refractivity (Wildman–Crippen MR) is 63.0 cm³/mol. The molecule has 4 nitrogen and oxygen atoms in total. The third-order valence-corrected chi connectivity index (χ3v) is 3.05. The molecule has 0 aromatic carbocycles. The van der Waals surface area contributed by atoms with Gasteiger partial charge in [-0.1, -0.05) is 13.8 Å². The maximum Gasteiger partial charge on any atom is 0.234 e. The molecule has 0 aliphatic heterocycles. The van der Waals surface area contributed by atoms with Crippen LogP contribution in [0.1, 0.15) is 33.1 Å². The summed E-state index contributed by atoms with van der Waals surface area (Å²) in [7, 11) is 0. The quantitative estimate of drug-likeness (QED) is 0.832. The Morgan fingerprint density at radius 3 is 2.50 bits per heavy atom. The second kappa shape index (κ2) is 4.68. The maximum atomic E-state index is 5.82. The molecule has 1 aromatic heterocycles. The van der Waals surface area contributed by atoms with Crippen LogP contribution in [0.4, 0.5) is 5.82 Å². The average molecular weight is 221 g/mol. The maximum absolute atomic E-state index is 5.82.